The maximum Gasteiger partial charge on any atom is 0.243 e. The van der Waals surface area contributed by atoms with E-state index in [0.717, 1.165) is 30.5 Å². The van der Waals surface area contributed by atoms with Crippen LogP contribution in [0.4, 0.5) is 5.69 Å². The molecule has 0 aromatic heterocycles. The second-order valence-electron chi connectivity index (χ2n) is 11.2. The van der Waals surface area contributed by atoms with Crippen molar-refractivity contribution in [1.82, 2.24) is 9.21 Å². The van der Waals surface area contributed by atoms with Gasteiger partial charge in [0.1, 0.15) is 0 Å². The fourth-order valence-electron chi connectivity index (χ4n) is 6.43. The van der Waals surface area contributed by atoms with Crippen molar-refractivity contribution in [3.05, 3.63) is 82.9 Å². The smallest absolute Gasteiger partial charge is 0.243 e. The lowest BCUT2D eigenvalue weighted by Crippen LogP contribution is -2.67. The molecule has 0 radical (unpaired) electrons. The minimum Gasteiger partial charge on any atom is -0.395 e. The van der Waals surface area contributed by atoms with Crippen LogP contribution >= 0.6 is 0 Å². The van der Waals surface area contributed by atoms with Crippen LogP contribution in [0.2, 0.25) is 0 Å². The van der Waals surface area contributed by atoms with Gasteiger partial charge in [0.25, 0.3) is 0 Å². The van der Waals surface area contributed by atoms with Gasteiger partial charge in [0.05, 0.1) is 11.5 Å². The molecule has 0 bridgehead atoms. The Balaban J connectivity index is 1.42. The number of amides is 1. The average Bonchev–Trinajstić information content (AvgIpc) is 2.89. The molecule has 2 N–H and O–H groups in total. The third kappa shape index (κ3) is 5.33. The minimum absolute atomic E-state index is 0.0160. The highest BCUT2D eigenvalue weighted by Crippen LogP contribution is 2.43. The van der Waals surface area contributed by atoms with E-state index in [1.165, 1.54) is 23.6 Å². The van der Waals surface area contributed by atoms with Crippen LogP contribution in [0.1, 0.15) is 47.9 Å². The van der Waals surface area contributed by atoms with Crippen molar-refractivity contribution in [2.75, 3.05) is 31.6 Å². The summed E-state index contributed by atoms with van der Waals surface area (Å²) >= 11 is 0. The fraction of sp³-hybridized carbons (Fsp3) is 0.406. The third-order valence-corrected chi connectivity index (χ3v) is 10.7. The number of hydrogen-bond donors (Lipinski definition) is 2. The summed E-state index contributed by atoms with van der Waals surface area (Å²) in [5.74, 6) is -0.160. The van der Waals surface area contributed by atoms with Crippen molar-refractivity contribution in [1.29, 1.82) is 0 Å². The Labute approximate surface area is 237 Å². The van der Waals surface area contributed by atoms with Crippen molar-refractivity contribution in [3.63, 3.8) is 0 Å². The number of nitrogens with zero attached hydrogens (tertiary/aromatic N) is 2. The molecule has 3 aromatic carbocycles. The SMILES string of the molecule is CC(=O)Nc1ccc(S(=O)(=O)N2CCCCN3C(CO)C(c4ccc(-c5cccc(C)c5C)cc4)C3C2)c(C)c1. The van der Waals surface area contributed by atoms with Crippen LogP contribution in [-0.2, 0) is 14.8 Å². The van der Waals surface area contributed by atoms with E-state index in [9.17, 15) is 18.3 Å². The van der Waals surface area contributed by atoms with Crippen molar-refractivity contribution >= 4 is 21.6 Å². The number of fused-ring (bicyclic) bond motifs is 1. The summed E-state index contributed by atoms with van der Waals surface area (Å²) in [6.45, 7) is 9.17. The van der Waals surface area contributed by atoms with Gasteiger partial charge >= 0.3 is 0 Å². The number of carbonyl (C=O) groups is 1. The first kappa shape index (κ1) is 28.5. The quantitative estimate of drug-likeness (QED) is 0.449. The molecule has 7 nitrogen and oxygen atoms in total. The average molecular weight is 562 g/mol. The van der Waals surface area contributed by atoms with Gasteiger partial charge in [-0.15, -0.1) is 0 Å². The molecule has 0 spiro atoms. The van der Waals surface area contributed by atoms with Crippen LogP contribution in [-0.4, -0.2) is 67.0 Å². The number of aliphatic hydroxyl groups is 1. The molecule has 2 aliphatic rings. The normalized spacial score (nSPS) is 22.1. The Morgan fingerprint density at radius 1 is 0.975 bits per heavy atom. The number of aryl methyl sites for hydroxylation is 2. The number of carbonyl (C=O) groups excluding carboxylic acids is 1. The molecule has 3 unspecified atom stereocenters. The van der Waals surface area contributed by atoms with E-state index < -0.39 is 10.0 Å². The summed E-state index contributed by atoms with van der Waals surface area (Å²) in [5.41, 5.74) is 7.20. The fourth-order valence-corrected chi connectivity index (χ4v) is 8.14. The Morgan fingerprint density at radius 3 is 2.38 bits per heavy atom. The highest BCUT2D eigenvalue weighted by Gasteiger charge is 2.50. The molecule has 3 atom stereocenters. The molecule has 1 amide bonds. The van der Waals surface area contributed by atoms with Gasteiger partial charge in [-0.1, -0.05) is 42.5 Å². The van der Waals surface area contributed by atoms with Crippen LogP contribution in [0.5, 0.6) is 0 Å². The Morgan fingerprint density at radius 2 is 1.70 bits per heavy atom. The topological polar surface area (TPSA) is 90.0 Å². The number of aliphatic hydroxyl groups excluding tert-OH is 1. The Hall–Kier alpha value is -3.04. The van der Waals surface area contributed by atoms with Crippen LogP contribution in [0.3, 0.4) is 0 Å². The van der Waals surface area contributed by atoms with Gasteiger partial charge in [0.2, 0.25) is 15.9 Å². The lowest BCUT2D eigenvalue weighted by Gasteiger charge is -2.57. The molecule has 5 rings (SSSR count). The molecule has 0 aliphatic carbocycles. The summed E-state index contributed by atoms with van der Waals surface area (Å²) in [6, 6.07) is 19.8. The third-order valence-electron chi connectivity index (χ3n) is 8.66. The van der Waals surface area contributed by atoms with Crippen molar-refractivity contribution in [3.8, 4) is 11.1 Å². The van der Waals surface area contributed by atoms with Gasteiger partial charge in [0, 0.05) is 43.7 Å². The standard InChI is InChI=1S/C32H39N3O4S/c1-21-8-7-9-28(23(21)3)25-10-12-26(13-11-25)32-29-19-34(16-5-6-17-35(29)30(32)20-36)40(38,39)31-15-14-27(18-22(31)2)33-24(4)37/h7-15,18,29-30,32,36H,5-6,16-17,19-20H2,1-4H3,(H,33,37). The second-order valence-corrected chi connectivity index (χ2v) is 13.1. The maximum absolute atomic E-state index is 13.9. The van der Waals surface area contributed by atoms with E-state index in [4.69, 9.17) is 0 Å². The van der Waals surface area contributed by atoms with Gasteiger partial charge < -0.3 is 10.4 Å². The first-order chi connectivity index (χ1) is 19.1. The van der Waals surface area contributed by atoms with Gasteiger partial charge in [-0.2, -0.15) is 4.31 Å². The number of benzene rings is 3. The van der Waals surface area contributed by atoms with Crippen LogP contribution in [0.25, 0.3) is 11.1 Å². The van der Waals surface area contributed by atoms with Crippen molar-refractivity contribution < 1.29 is 18.3 Å². The van der Waals surface area contributed by atoms with E-state index in [1.54, 1.807) is 29.4 Å². The number of rotatable bonds is 6. The predicted octanol–water partition coefficient (Wildman–Crippen LogP) is 4.85. The van der Waals surface area contributed by atoms with E-state index in [-0.39, 0.29) is 35.4 Å². The lowest BCUT2D eigenvalue weighted by atomic mass is 9.74. The highest BCUT2D eigenvalue weighted by atomic mass is 32.2. The summed E-state index contributed by atoms with van der Waals surface area (Å²) in [5, 5.41) is 13.1. The summed E-state index contributed by atoms with van der Waals surface area (Å²) in [4.78, 5) is 14.0. The molecule has 2 fully saturated rings. The largest absolute Gasteiger partial charge is 0.395 e. The van der Waals surface area contributed by atoms with E-state index >= 15 is 0 Å². The molecule has 212 valence electrons. The number of nitrogens with one attached hydrogen (secondary N) is 1. The number of anilines is 1. The maximum atomic E-state index is 13.9. The zero-order valence-electron chi connectivity index (χ0n) is 23.7. The van der Waals surface area contributed by atoms with Gasteiger partial charge in [-0.25, -0.2) is 8.42 Å². The predicted molar refractivity (Wildman–Crippen MR) is 159 cm³/mol. The van der Waals surface area contributed by atoms with Gasteiger partial charge in [0.15, 0.2) is 0 Å². The lowest BCUT2D eigenvalue weighted by molar-refractivity contribution is -0.114. The molecular weight excluding hydrogens is 522 g/mol. The van der Waals surface area contributed by atoms with Crippen molar-refractivity contribution in [2.24, 2.45) is 0 Å². The van der Waals surface area contributed by atoms with E-state index in [0.29, 0.717) is 24.3 Å². The van der Waals surface area contributed by atoms with Gasteiger partial charge in [-0.05, 0) is 91.7 Å². The Bertz CT molecular complexity index is 1500. The zero-order valence-corrected chi connectivity index (χ0v) is 24.5. The second kappa shape index (κ2) is 11.4. The molecular formula is C32H39N3O4S. The van der Waals surface area contributed by atoms with E-state index in [1.807, 2.05) is 0 Å². The number of hydrogen-bond acceptors (Lipinski definition) is 5. The Kier molecular flexibility index (Phi) is 8.15. The first-order valence-corrected chi connectivity index (χ1v) is 15.5. The first-order valence-electron chi connectivity index (χ1n) is 14.0. The summed E-state index contributed by atoms with van der Waals surface area (Å²) < 4.78 is 29.4. The monoisotopic (exact) mass is 561 g/mol. The highest BCUT2D eigenvalue weighted by molar-refractivity contribution is 7.89. The molecule has 40 heavy (non-hydrogen) atoms. The van der Waals surface area contributed by atoms with Crippen molar-refractivity contribution in [2.45, 2.75) is 63.4 Å². The molecule has 0 saturated carbocycles. The minimum atomic E-state index is -3.75. The summed E-state index contributed by atoms with van der Waals surface area (Å²) in [6.07, 6.45) is 1.64. The summed E-state index contributed by atoms with van der Waals surface area (Å²) in [7, 11) is -3.75. The molecule has 2 heterocycles. The van der Waals surface area contributed by atoms with Crippen LogP contribution in [0, 0.1) is 20.8 Å². The molecule has 2 aliphatic heterocycles. The zero-order chi connectivity index (χ0) is 28.6. The van der Waals surface area contributed by atoms with E-state index in [2.05, 4.69) is 66.5 Å². The van der Waals surface area contributed by atoms with Crippen LogP contribution < -0.4 is 5.32 Å². The molecule has 3 aromatic rings. The van der Waals surface area contributed by atoms with Gasteiger partial charge in [-0.3, -0.25) is 9.69 Å². The molecule has 8 heteroatoms. The molecule has 2 saturated heterocycles. The van der Waals surface area contributed by atoms with Crippen LogP contribution in [0.15, 0.2) is 65.6 Å². The number of sulfonamides is 1.